The first kappa shape index (κ1) is 14.3. The monoisotopic (exact) mass is 315 g/mol. The molecule has 2 aromatic rings. The number of hydrogen-bond acceptors (Lipinski definition) is 7. The van der Waals surface area contributed by atoms with Gasteiger partial charge in [-0.1, -0.05) is 11.3 Å². The zero-order valence-corrected chi connectivity index (χ0v) is 12.5. The molecule has 1 saturated heterocycles. The molecule has 2 aromatic heterocycles. The molecule has 1 N–H and O–H groups in total. The third-order valence-corrected chi connectivity index (χ3v) is 4.11. The van der Waals surface area contributed by atoms with E-state index in [1.165, 1.54) is 23.7 Å². The number of aromatic nitrogens is 2. The highest BCUT2D eigenvalue weighted by molar-refractivity contribution is 7.19. The van der Waals surface area contributed by atoms with Gasteiger partial charge in [-0.2, -0.15) is 5.26 Å². The van der Waals surface area contributed by atoms with E-state index < -0.39 is 5.91 Å². The maximum absolute atomic E-state index is 12.1. The van der Waals surface area contributed by atoms with Crippen LogP contribution in [0.5, 0.6) is 0 Å². The number of carbonyl (C=O) groups excluding carboxylic acids is 1. The summed E-state index contributed by atoms with van der Waals surface area (Å²) in [7, 11) is 0. The first-order valence-corrected chi connectivity index (χ1v) is 7.63. The lowest BCUT2D eigenvalue weighted by molar-refractivity contribution is -0.112. The normalized spacial score (nSPS) is 14.9. The van der Waals surface area contributed by atoms with Gasteiger partial charge in [0.05, 0.1) is 6.26 Å². The van der Waals surface area contributed by atoms with Gasteiger partial charge in [-0.15, -0.1) is 10.2 Å². The first-order valence-electron chi connectivity index (χ1n) is 6.81. The average molecular weight is 315 g/mol. The summed E-state index contributed by atoms with van der Waals surface area (Å²) in [5.41, 5.74) is -0.0483. The maximum Gasteiger partial charge on any atom is 0.268 e. The fourth-order valence-corrected chi connectivity index (χ4v) is 2.92. The first-order chi connectivity index (χ1) is 10.8. The second-order valence-electron chi connectivity index (χ2n) is 4.72. The molecule has 22 heavy (non-hydrogen) atoms. The zero-order chi connectivity index (χ0) is 15.4. The SMILES string of the molecule is N#C/C(=C/c1ccco1)C(=O)Nc1nnc(N2CCCC2)s1. The molecule has 3 heterocycles. The molecule has 0 radical (unpaired) electrons. The standard InChI is InChI=1S/C14H13N5O2S/c15-9-10(8-11-4-3-7-21-11)12(20)16-13-17-18-14(22-13)19-5-1-2-6-19/h3-4,7-8H,1-2,5-6H2,(H,16,17,20)/b10-8-. The van der Waals surface area contributed by atoms with E-state index in [2.05, 4.69) is 20.4 Å². The van der Waals surface area contributed by atoms with Gasteiger partial charge in [0.25, 0.3) is 5.91 Å². The molecule has 1 amide bonds. The van der Waals surface area contributed by atoms with Crippen LogP contribution >= 0.6 is 11.3 Å². The van der Waals surface area contributed by atoms with E-state index in [9.17, 15) is 4.79 Å². The minimum Gasteiger partial charge on any atom is -0.465 e. The molecule has 0 spiro atoms. The number of furan rings is 1. The van der Waals surface area contributed by atoms with Gasteiger partial charge in [-0.05, 0) is 25.0 Å². The van der Waals surface area contributed by atoms with Gasteiger partial charge >= 0.3 is 0 Å². The molecule has 8 heteroatoms. The molecule has 3 rings (SSSR count). The van der Waals surface area contributed by atoms with Crippen molar-refractivity contribution in [3.8, 4) is 6.07 Å². The average Bonchev–Trinajstić information content (AvgIpc) is 3.25. The zero-order valence-electron chi connectivity index (χ0n) is 11.7. The van der Waals surface area contributed by atoms with E-state index in [4.69, 9.17) is 9.68 Å². The van der Waals surface area contributed by atoms with Gasteiger partial charge in [0.2, 0.25) is 10.3 Å². The van der Waals surface area contributed by atoms with E-state index in [1.54, 1.807) is 12.1 Å². The van der Waals surface area contributed by atoms with Crippen molar-refractivity contribution in [1.82, 2.24) is 10.2 Å². The Balaban J connectivity index is 1.69. The van der Waals surface area contributed by atoms with Crippen LogP contribution in [0.2, 0.25) is 0 Å². The third kappa shape index (κ3) is 3.15. The molecule has 1 fully saturated rings. The van der Waals surface area contributed by atoms with Crippen LogP contribution in [0.3, 0.4) is 0 Å². The van der Waals surface area contributed by atoms with Crippen LogP contribution in [0.25, 0.3) is 6.08 Å². The molecule has 0 atom stereocenters. The summed E-state index contributed by atoms with van der Waals surface area (Å²) >= 11 is 1.31. The summed E-state index contributed by atoms with van der Waals surface area (Å²) in [6.45, 7) is 1.93. The number of nitrogens with one attached hydrogen (secondary N) is 1. The van der Waals surface area contributed by atoms with E-state index in [1.807, 2.05) is 6.07 Å². The Morgan fingerprint density at radius 1 is 1.45 bits per heavy atom. The molecule has 0 bridgehead atoms. The van der Waals surface area contributed by atoms with Crippen LogP contribution in [0.15, 0.2) is 28.4 Å². The third-order valence-electron chi connectivity index (χ3n) is 3.21. The summed E-state index contributed by atoms with van der Waals surface area (Å²) in [6.07, 6.45) is 5.15. The van der Waals surface area contributed by atoms with Gasteiger partial charge in [0.1, 0.15) is 17.4 Å². The number of amides is 1. The fraction of sp³-hybridized carbons (Fsp3) is 0.286. The molecule has 1 aliphatic rings. The molecule has 0 saturated carbocycles. The van der Waals surface area contributed by atoms with Gasteiger partial charge in [0, 0.05) is 19.2 Å². The van der Waals surface area contributed by atoms with Crippen molar-refractivity contribution in [2.24, 2.45) is 0 Å². The van der Waals surface area contributed by atoms with Crippen molar-refractivity contribution in [3.05, 3.63) is 29.7 Å². The van der Waals surface area contributed by atoms with E-state index in [0.29, 0.717) is 10.9 Å². The molecule has 0 aromatic carbocycles. The lowest BCUT2D eigenvalue weighted by atomic mass is 10.2. The van der Waals surface area contributed by atoms with Crippen molar-refractivity contribution in [1.29, 1.82) is 5.26 Å². The van der Waals surface area contributed by atoms with E-state index >= 15 is 0 Å². The van der Waals surface area contributed by atoms with Crippen LogP contribution in [-0.4, -0.2) is 29.2 Å². The lowest BCUT2D eigenvalue weighted by Gasteiger charge is -2.10. The van der Waals surface area contributed by atoms with Crippen molar-refractivity contribution in [3.63, 3.8) is 0 Å². The van der Waals surface area contributed by atoms with Crippen LogP contribution in [0, 0.1) is 11.3 Å². The molecular weight excluding hydrogens is 302 g/mol. The number of carbonyl (C=O) groups is 1. The Bertz CT molecular complexity index is 723. The summed E-state index contributed by atoms with van der Waals surface area (Å²) in [4.78, 5) is 14.2. The van der Waals surface area contributed by atoms with E-state index in [0.717, 1.165) is 31.1 Å². The Hall–Kier alpha value is -2.66. The predicted molar refractivity (Wildman–Crippen MR) is 82.3 cm³/mol. The number of nitrogens with zero attached hydrogens (tertiary/aromatic N) is 4. The predicted octanol–water partition coefficient (Wildman–Crippen LogP) is 2.28. The highest BCUT2D eigenvalue weighted by atomic mass is 32.1. The topological polar surface area (TPSA) is 95.0 Å². The summed E-state index contributed by atoms with van der Waals surface area (Å²) in [5.74, 6) is -0.0789. The minimum atomic E-state index is -0.525. The second kappa shape index (κ2) is 6.41. The summed E-state index contributed by atoms with van der Waals surface area (Å²) < 4.78 is 5.10. The van der Waals surface area contributed by atoms with Gasteiger partial charge in [0.15, 0.2) is 0 Å². The highest BCUT2D eigenvalue weighted by Crippen LogP contribution is 2.27. The van der Waals surface area contributed by atoms with Crippen LogP contribution < -0.4 is 10.2 Å². The molecule has 112 valence electrons. The largest absolute Gasteiger partial charge is 0.465 e. The second-order valence-corrected chi connectivity index (χ2v) is 5.68. The van der Waals surface area contributed by atoms with E-state index in [-0.39, 0.29) is 5.57 Å². The Labute approximate surface area is 130 Å². The number of anilines is 2. The molecular formula is C14H13N5O2S. The van der Waals surface area contributed by atoms with Crippen LogP contribution in [-0.2, 0) is 4.79 Å². The molecule has 0 aliphatic carbocycles. The number of hydrogen-bond donors (Lipinski definition) is 1. The molecule has 1 aliphatic heterocycles. The fourth-order valence-electron chi connectivity index (χ4n) is 2.13. The van der Waals surface area contributed by atoms with Crippen molar-refractivity contribution in [2.45, 2.75) is 12.8 Å². The van der Waals surface area contributed by atoms with Crippen molar-refractivity contribution >= 4 is 33.6 Å². The number of rotatable bonds is 4. The Kier molecular flexibility index (Phi) is 4.16. The summed E-state index contributed by atoms with van der Waals surface area (Å²) in [5, 5.41) is 20.9. The maximum atomic E-state index is 12.1. The van der Waals surface area contributed by atoms with Gasteiger partial charge in [-0.25, -0.2) is 0 Å². The van der Waals surface area contributed by atoms with Gasteiger partial charge in [-0.3, -0.25) is 10.1 Å². The van der Waals surface area contributed by atoms with Gasteiger partial charge < -0.3 is 9.32 Å². The van der Waals surface area contributed by atoms with Crippen molar-refractivity contribution < 1.29 is 9.21 Å². The minimum absolute atomic E-state index is 0.0483. The van der Waals surface area contributed by atoms with Crippen LogP contribution in [0.1, 0.15) is 18.6 Å². The smallest absolute Gasteiger partial charge is 0.268 e. The molecule has 7 nitrogen and oxygen atoms in total. The van der Waals surface area contributed by atoms with Crippen molar-refractivity contribution in [2.75, 3.05) is 23.3 Å². The quantitative estimate of drug-likeness (QED) is 0.687. The Morgan fingerprint density at radius 2 is 2.27 bits per heavy atom. The number of nitriles is 1. The van der Waals surface area contributed by atoms with Crippen LogP contribution in [0.4, 0.5) is 10.3 Å². The summed E-state index contributed by atoms with van der Waals surface area (Å²) in [6, 6.07) is 5.21. The lowest BCUT2D eigenvalue weighted by Crippen LogP contribution is -2.17. The Morgan fingerprint density at radius 3 is 2.95 bits per heavy atom. The molecule has 0 unspecified atom stereocenters. The highest BCUT2D eigenvalue weighted by Gasteiger charge is 2.18.